The Morgan fingerprint density at radius 2 is 1.75 bits per heavy atom. The minimum Gasteiger partial charge on any atom is -0.490 e. The van der Waals surface area contributed by atoms with Gasteiger partial charge in [0.2, 0.25) is 0 Å². The van der Waals surface area contributed by atoms with Crippen LogP contribution in [0, 0.1) is 10.1 Å². The highest BCUT2D eigenvalue weighted by Gasteiger charge is 2.18. The van der Waals surface area contributed by atoms with E-state index < -0.39 is 10.9 Å². The number of methoxy groups -OCH3 is 1. The number of halogens is 2. The van der Waals surface area contributed by atoms with Gasteiger partial charge in [0.25, 0.3) is 0 Å². The van der Waals surface area contributed by atoms with E-state index in [-0.39, 0.29) is 17.2 Å². The fourth-order valence-electron chi connectivity index (χ4n) is 1.85. The van der Waals surface area contributed by atoms with Gasteiger partial charge in [0.05, 0.1) is 27.0 Å². The molecule has 7 nitrogen and oxygen atoms in total. The quantitative estimate of drug-likeness (QED) is 0.274. The first-order chi connectivity index (χ1) is 11.3. The first-order valence-electron chi connectivity index (χ1n) is 6.49. The van der Waals surface area contributed by atoms with Crippen molar-refractivity contribution in [1.29, 1.82) is 0 Å². The van der Waals surface area contributed by atoms with Gasteiger partial charge < -0.3 is 14.2 Å². The van der Waals surface area contributed by atoms with Gasteiger partial charge in [-0.2, -0.15) is 0 Å². The maximum absolute atomic E-state index is 11.1. The molecule has 0 spiro atoms. The predicted octanol–water partition coefficient (Wildman–Crippen LogP) is 4.85. The van der Waals surface area contributed by atoms with E-state index in [1.807, 2.05) is 0 Å². The van der Waals surface area contributed by atoms with Crippen molar-refractivity contribution in [3.63, 3.8) is 0 Å². The molecule has 0 saturated carbocycles. The molecule has 9 heteroatoms. The third-order valence-electron chi connectivity index (χ3n) is 2.80. The standard InChI is InChI=1S/C15H11Br2NO6/c1-8(19)23-10-5-11(16)15(12(17)6-10)24-9-3-4-14(22-2)13(7-9)18(20)21/h3-7H,1-2H3. The molecule has 2 aromatic rings. The van der Waals surface area contributed by atoms with Crippen molar-refractivity contribution >= 4 is 43.5 Å². The molecule has 0 aliphatic carbocycles. The van der Waals surface area contributed by atoms with Gasteiger partial charge >= 0.3 is 11.7 Å². The number of nitro benzene ring substituents is 1. The molecule has 0 bridgehead atoms. The van der Waals surface area contributed by atoms with Crippen LogP contribution in [0.15, 0.2) is 39.3 Å². The van der Waals surface area contributed by atoms with Crippen LogP contribution < -0.4 is 14.2 Å². The lowest BCUT2D eigenvalue weighted by molar-refractivity contribution is -0.385. The summed E-state index contributed by atoms with van der Waals surface area (Å²) in [5, 5.41) is 11.1. The molecule has 0 fully saturated rings. The van der Waals surface area contributed by atoms with Gasteiger partial charge in [0.15, 0.2) is 11.5 Å². The number of carbonyl (C=O) groups is 1. The molecule has 0 saturated heterocycles. The van der Waals surface area contributed by atoms with Crippen LogP contribution in [0.2, 0.25) is 0 Å². The molecule has 0 aliphatic rings. The molecule has 2 rings (SSSR count). The number of nitro groups is 1. The minimum absolute atomic E-state index is 0.135. The maximum Gasteiger partial charge on any atom is 0.314 e. The molecular formula is C15H11Br2NO6. The highest BCUT2D eigenvalue weighted by molar-refractivity contribution is 9.11. The summed E-state index contributed by atoms with van der Waals surface area (Å²) in [6.45, 7) is 1.29. The number of hydrogen-bond donors (Lipinski definition) is 0. The Labute approximate surface area is 153 Å². The summed E-state index contributed by atoms with van der Waals surface area (Å²) in [6.07, 6.45) is 0. The summed E-state index contributed by atoms with van der Waals surface area (Å²) in [4.78, 5) is 21.5. The predicted molar refractivity (Wildman–Crippen MR) is 92.9 cm³/mol. The fourth-order valence-corrected chi connectivity index (χ4v) is 3.16. The zero-order chi connectivity index (χ0) is 17.9. The second-order valence-electron chi connectivity index (χ2n) is 4.50. The Kier molecular flexibility index (Phi) is 5.79. The van der Waals surface area contributed by atoms with Crippen molar-refractivity contribution in [1.82, 2.24) is 0 Å². The van der Waals surface area contributed by atoms with E-state index in [1.165, 1.54) is 26.2 Å². The molecule has 0 aliphatic heterocycles. The molecule has 0 N–H and O–H groups in total. The van der Waals surface area contributed by atoms with E-state index in [1.54, 1.807) is 18.2 Å². The molecule has 0 unspecified atom stereocenters. The van der Waals surface area contributed by atoms with Crippen LogP contribution in [0.3, 0.4) is 0 Å². The van der Waals surface area contributed by atoms with Crippen molar-refractivity contribution in [2.24, 2.45) is 0 Å². The number of carbonyl (C=O) groups excluding carboxylic acids is 1. The number of ether oxygens (including phenoxy) is 3. The molecule has 0 aromatic heterocycles. The van der Waals surface area contributed by atoms with E-state index in [0.717, 1.165) is 0 Å². The molecule has 24 heavy (non-hydrogen) atoms. The van der Waals surface area contributed by atoms with Gasteiger partial charge in [-0.15, -0.1) is 0 Å². The Morgan fingerprint density at radius 3 is 2.25 bits per heavy atom. The van der Waals surface area contributed by atoms with Crippen molar-refractivity contribution in [3.05, 3.63) is 49.4 Å². The largest absolute Gasteiger partial charge is 0.490 e. The number of benzene rings is 2. The van der Waals surface area contributed by atoms with Gasteiger partial charge in [0, 0.05) is 6.92 Å². The van der Waals surface area contributed by atoms with Gasteiger partial charge in [-0.05, 0) is 56.1 Å². The van der Waals surface area contributed by atoms with Crippen molar-refractivity contribution < 1.29 is 23.9 Å². The third kappa shape index (κ3) is 4.24. The van der Waals surface area contributed by atoms with Gasteiger partial charge in [-0.3, -0.25) is 14.9 Å². The molecule has 0 radical (unpaired) electrons. The number of hydrogen-bond acceptors (Lipinski definition) is 6. The molecule has 2 aromatic carbocycles. The van der Waals surface area contributed by atoms with Crippen molar-refractivity contribution in [2.45, 2.75) is 6.92 Å². The molecule has 0 heterocycles. The monoisotopic (exact) mass is 459 g/mol. The van der Waals surface area contributed by atoms with Crippen LogP contribution in [-0.2, 0) is 4.79 Å². The van der Waals surface area contributed by atoms with E-state index in [9.17, 15) is 14.9 Å². The van der Waals surface area contributed by atoms with Crippen LogP contribution in [0.4, 0.5) is 5.69 Å². The molecule has 0 amide bonds. The zero-order valence-electron chi connectivity index (χ0n) is 12.5. The number of nitrogens with zero attached hydrogens (tertiary/aromatic N) is 1. The van der Waals surface area contributed by atoms with Crippen LogP contribution in [-0.4, -0.2) is 18.0 Å². The summed E-state index contributed by atoms with van der Waals surface area (Å²) in [7, 11) is 1.35. The Balaban J connectivity index is 2.36. The highest BCUT2D eigenvalue weighted by Crippen LogP contribution is 2.41. The summed E-state index contributed by atoms with van der Waals surface area (Å²) in [5.74, 6) is 0.646. The second-order valence-corrected chi connectivity index (χ2v) is 6.21. The van der Waals surface area contributed by atoms with Gasteiger partial charge in [-0.1, -0.05) is 0 Å². The number of esters is 1. The first kappa shape index (κ1) is 18.2. The van der Waals surface area contributed by atoms with E-state index >= 15 is 0 Å². The zero-order valence-corrected chi connectivity index (χ0v) is 15.7. The van der Waals surface area contributed by atoms with Crippen LogP contribution >= 0.6 is 31.9 Å². The van der Waals surface area contributed by atoms with E-state index in [4.69, 9.17) is 14.2 Å². The van der Waals surface area contributed by atoms with Crippen LogP contribution in [0.25, 0.3) is 0 Å². The minimum atomic E-state index is -0.556. The third-order valence-corrected chi connectivity index (χ3v) is 3.98. The van der Waals surface area contributed by atoms with Crippen molar-refractivity contribution in [2.75, 3.05) is 7.11 Å². The van der Waals surface area contributed by atoms with E-state index in [0.29, 0.717) is 20.4 Å². The van der Waals surface area contributed by atoms with Crippen LogP contribution in [0.1, 0.15) is 6.92 Å². The normalized spacial score (nSPS) is 10.2. The second kappa shape index (κ2) is 7.63. The van der Waals surface area contributed by atoms with Crippen LogP contribution in [0.5, 0.6) is 23.0 Å². The fraction of sp³-hybridized carbons (Fsp3) is 0.133. The van der Waals surface area contributed by atoms with Gasteiger partial charge in [-0.25, -0.2) is 0 Å². The highest BCUT2D eigenvalue weighted by atomic mass is 79.9. The first-order valence-corrected chi connectivity index (χ1v) is 8.08. The van der Waals surface area contributed by atoms with E-state index in [2.05, 4.69) is 31.9 Å². The average molecular weight is 461 g/mol. The smallest absolute Gasteiger partial charge is 0.314 e. The average Bonchev–Trinajstić information content (AvgIpc) is 2.50. The van der Waals surface area contributed by atoms with Crippen molar-refractivity contribution in [3.8, 4) is 23.0 Å². The SMILES string of the molecule is COc1ccc(Oc2c(Br)cc(OC(C)=O)cc2Br)cc1[N+](=O)[O-]. The lowest BCUT2D eigenvalue weighted by Crippen LogP contribution is -2.01. The molecule has 126 valence electrons. The van der Waals surface area contributed by atoms with Gasteiger partial charge in [0.1, 0.15) is 11.5 Å². The Bertz CT molecular complexity index is 786. The maximum atomic E-state index is 11.1. The summed E-state index contributed by atoms with van der Waals surface area (Å²) < 4.78 is 16.7. The lowest BCUT2D eigenvalue weighted by atomic mass is 10.2. The molecular weight excluding hydrogens is 450 g/mol. The number of rotatable bonds is 5. The Hall–Kier alpha value is -2.13. The lowest BCUT2D eigenvalue weighted by Gasteiger charge is -2.12. The molecule has 0 atom stereocenters. The summed E-state index contributed by atoms with van der Waals surface area (Å²) in [5.41, 5.74) is -0.209. The summed E-state index contributed by atoms with van der Waals surface area (Å²) >= 11 is 6.63. The topological polar surface area (TPSA) is 87.9 Å². The Morgan fingerprint density at radius 1 is 1.12 bits per heavy atom. The summed E-state index contributed by atoms with van der Waals surface area (Å²) in [6, 6.07) is 7.36.